The molecule has 3 nitrogen and oxygen atoms in total. The van der Waals surface area contributed by atoms with Crippen LogP contribution in [-0.2, 0) is 0 Å². The lowest BCUT2D eigenvalue weighted by molar-refractivity contribution is -0.385. The maximum absolute atomic E-state index is 12.9. The lowest BCUT2D eigenvalue weighted by atomic mass is 10.1. The summed E-state index contributed by atoms with van der Waals surface area (Å²) in [6.45, 7) is 3.52. The summed E-state index contributed by atoms with van der Waals surface area (Å²) in [6, 6.07) is 1.33. The van der Waals surface area contributed by atoms with Gasteiger partial charge in [0.25, 0.3) is 5.69 Å². The molecule has 0 aliphatic carbocycles. The summed E-state index contributed by atoms with van der Waals surface area (Å²) in [5.41, 5.74) is -0.172. The molecule has 1 rings (SSSR count). The molecule has 0 heterocycles. The minimum absolute atomic E-state index is 0.00391. The van der Waals surface area contributed by atoms with Crippen LogP contribution < -0.4 is 0 Å². The van der Waals surface area contributed by atoms with E-state index < -0.39 is 22.2 Å². The van der Waals surface area contributed by atoms with Gasteiger partial charge in [-0.1, -0.05) is 22.5 Å². The minimum atomic E-state index is -1.24. The van der Waals surface area contributed by atoms with Crippen LogP contribution in [0.5, 0.6) is 0 Å². The zero-order chi connectivity index (χ0) is 11.6. The van der Waals surface area contributed by atoms with E-state index in [0.717, 1.165) is 6.07 Å². The SMILES string of the molecule is C=C(CBr)c1cc(F)c(F)cc1[N+](=O)[O-]. The molecule has 0 radical (unpaired) electrons. The van der Waals surface area contributed by atoms with Crippen LogP contribution >= 0.6 is 15.9 Å². The van der Waals surface area contributed by atoms with E-state index in [0.29, 0.717) is 11.6 Å². The molecule has 0 aliphatic rings. The van der Waals surface area contributed by atoms with E-state index in [2.05, 4.69) is 22.5 Å². The second kappa shape index (κ2) is 4.48. The molecule has 0 aliphatic heterocycles. The molecule has 80 valence electrons. The van der Waals surface area contributed by atoms with E-state index in [1.54, 1.807) is 0 Å². The smallest absolute Gasteiger partial charge is 0.258 e. The summed E-state index contributed by atoms with van der Waals surface area (Å²) in [4.78, 5) is 9.79. The number of halogens is 3. The minimum Gasteiger partial charge on any atom is -0.258 e. The maximum atomic E-state index is 12.9. The molecular formula is C9H6BrF2NO2. The molecule has 6 heteroatoms. The Morgan fingerprint density at radius 1 is 1.47 bits per heavy atom. The molecule has 0 spiro atoms. The molecule has 0 aromatic heterocycles. The van der Waals surface area contributed by atoms with Gasteiger partial charge in [-0.05, 0) is 11.6 Å². The van der Waals surface area contributed by atoms with Crippen molar-refractivity contribution in [1.29, 1.82) is 0 Å². The van der Waals surface area contributed by atoms with Gasteiger partial charge in [0.1, 0.15) is 0 Å². The third-order valence-corrected chi connectivity index (χ3v) is 2.45. The van der Waals surface area contributed by atoms with Gasteiger partial charge in [0.2, 0.25) is 0 Å². The first-order valence-corrected chi connectivity index (χ1v) is 4.97. The van der Waals surface area contributed by atoms with E-state index in [1.807, 2.05) is 0 Å². The summed E-state index contributed by atoms with van der Waals surface area (Å²) >= 11 is 3.04. The predicted molar refractivity (Wildman–Crippen MR) is 55.8 cm³/mol. The average Bonchev–Trinajstić information content (AvgIpc) is 2.20. The highest BCUT2D eigenvalue weighted by molar-refractivity contribution is 9.09. The molecule has 0 unspecified atom stereocenters. The molecule has 1 aromatic carbocycles. The van der Waals surface area contributed by atoms with Gasteiger partial charge in [0.15, 0.2) is 11.6 Å². The fraction of sp³-hybridized carbons (Fsp3) is 0.111. The Morgan fingerprint density at radius 3 is 2.47 bits per heavy atom. The molecule has 0 bridgehead atoms. The van der Waals surface area contributed by atoms with E-state index in [-0.39, 0.29) is 10.9 Å². The van der Waals surface area contributed by atoms with Crippen LogP contribution in [0.4, 0.5) is 14.5 Å². The number of rotatable bonds is 3. The van der Waals surface area contributed by atoms with Gasteiger partial charge < -0.3 is 0 Å². The first-order valence-electron chi connectivity index (χ1n) is 3.85. The summed E-state index contributed by atoms with van der Waals surface area (Å²) in [6.07, 6.45) is 0. The van der Waals surface area contributed by atoms with Crippen LogP contribution in [0.3, 0.4) is 0 Å². The van der Waals surface area contributed by atoms with Gasteiger partial charge in [0, 0.05) is 5.33 Å². The van der Waals surface area contributed by atoms with Crippen LogP contribution in [0.1, 0.15) is 5.56 Å². The number of benzene rings is 1. The first kappa shape index (κ1) is 11.8. The van der Waals surface area contributed by atoms with Crippen LogP contribution in [0.25, 0.3) is 5.57 Å². The number of nitro groups is 1. The molecule has 0 amide bonds. The molecule has 1 aromatic rings. The molecule has 0 atom stereocenters. The molecule has 0 fully saturated rings. The van der Waals surface area contributed by atoms with Crippen molar-refractivity contribution in [2.75, 3.05) is 5.33 Å². The highest BCUT2D eigenvalue weighted by Crippen LogP contribution is 2.28. The normalized spacial score (nSPS) is 10.1. The summed E-state index contributed by atoms with van der Waals surface area (Å²) in [5.74, 6) is -2.37. The molecular weight excluding hydrogens is 272 g/mol. The number of nitro benzene ring substituents is 1. The number of hydrogen-bond donors (Lipinski definition) is 0. The lowest BCUT2D eigenvalue weighted by Crippen LogP contribution is -1.98. The Hall–Kier alpha value is -1.30. The highest BCUT2D eigenvalue weighted by Gasteiger charge is 2.19. The van der Waals surface area contributed by atoms with Gasteiger partial charge in [-0.2, -0.15) is 0 Å². The Morgan fingerprint density at radius 2 is 2.00 bits per heavy atom. The lowest BCUT2D eigenvalue weighted by Gasteiger charge is -2.04. The third-order valence-electron chi connectivity index (χ3n) is 1.78. The fourth-order valence-corrected chi connectivity index (χ4v) is 1.34. The second-order valence-corrected chi connectivity index (χ2v) is 3.34. The van der Waals surface area contributed by atoms with Crippen molar-refractivity contribution in [3.05, 3.63) is 46.0 Å². The van der Waals surface area contributed by atoms with Gasteiger partial charge >= 0.3 is 0 Å². The summed E-state index contributed by atoms with van der Waals surface area (Å²) < 4.78 is 25.6. The van der Waals surface area contributed by atoms with E-state index in [4.69, 9.17) is 0 Å². The van der Waals surface area contributed by atoms with Crippen molar-refractivity contribution in [3.8, 4) is 0 Å². The zero-order valence-electron chi connectivity index (χ0n) is 7.47. The monoisotopic (exact) mass is 277 g/mol. The fourth-order valence-electron chi connectivity index (χ4n) is 1.04. The van der Waals surface area contributed by atoms with Gasteiger partial charge in [-0.25, -0.2) is 8.78 Å². The largest absolute Gasteiger partial charge is 0.280 e. The van der Waals surface area contributed by atoms with Gasteiger partial charge in [-0.3, -0.25) is 10.1 Å². The maximum Gasteiger partial charge on any atom is 0.280 e. The van der Waals surface area contributed by atoms with Crippen LogP contribution in [0.15, 0.2) is 18.7 Å². The Bertz CT molecular complexity index is 434. The van der Waals surface area contributed by atoms with E-state index in [9.17, 15) is 18.9 Å². The van der Waals surface area contributed by atoms with Gasteiger partial charge in [0.05, 0.1) is 16.6 Å². The second-order valence-electron chi connectivity index (χ2n) is 2.78. The predicted octanol–water partition coefficient (Wildman–Crippen LogP) is 3.28. The van der Waals surface area contributed by atoms with Crippen molar-refractivity contribution in [2.24, 2.45) is 0 Å². The number of hydrogen-bond acceptors (Lipinski definition) is 2. The number of alkyl halides is 1. The Kier molecular flexibility index (Phi) is 3.52. The van der Waals surface area contributed by atoms with E-state index >= 15 is 0 Å². The Labute approximate surface area is 92.7 Å². The van der Waals surface area contributed by atoms with Crippen LogP contribution in [0, 0.1) is 21.7 Å². The topological polar surface area (TPSA) is 43.1 Å². The summed E-state index contributed by atoms with van der Waals surface area (Å²) in [5, 5.41) is 10.8. The van der Waals surface area contributed by atoms with Crippen molar-refractivity contribution >= 4 is 27.2 Å². The van der Waals surface area contributed by atoms with E-state index in [1.165, 1.54) is 0 Å². The summed E-state index contributed by atoms with van der Waals surface area (Å²) in [7, 11) is 0. The van der Waals surface area contributed by atoms with Gasteiger partial charge in [-0.15, -0.1) is 0 Å². The van der Waals surface area contributed by atoms with Crippen molar-refractivity contribution < 1.29 is 13.7 Å². The Balaban J connectivity index is 3.41. The first-order chi connectivity index (χ1) is 6.97. The van der Waals surface area contributed by atoms with Crippen LogP contribution in [-0.4, -0.2) is 10.3 Å². The molecule has 0 saturated carbocycles. The highest BCUT2D eigenvalue weighted by atomic mass is 79.9. The van der Waals surface area contributed by atoms with Crippen LogP contribution in [0.2, 0.25) is 0 Å². The molecule has 0 saturated heterocycles. The molecule has 15 heavy (non-hydrogen) atoms. The standard InChI is InChI=1S/C9H6BrF2NO2/c1-5(4-10)6-2-7(11)8(12)3-9(6)13(14)15/h2-3H,1,4H2. The van der Waals surface area contributed by atoms with Crippen molar-refractivity contribution in [3.63, 3.8) is 0 Å². The zero-order valence-corrected chi connectivity index (χ0v) is 9.05. The average molecular weight is 278 g/mol. The van der Waals surface area contributed by atoms with Crippen molar-refractivity contribution in [1.82, 2.24) is 0 Å². The quantitative estimate of drug-likeness (QED) is 0.483. The number of nitrogens with zero attached hydrogens (tertiary/aromatic N) is 1. The molecule has 0 N–H and O–H groups in total. The third kappa shape index (κ3) is 2.38. The van der Waals surface area contributed by atoms with Crippen molar-refractivity contribution in [2.45, 2.75) is 0 Å². The number of allylic oxidation sites excluding steroid dienone is 1.